The van der Waals surface area contributed by atoms with Crippen LogP contribution < -0.4 is 20.1 Å². The van der Waals surface area contributed by atoms with E-state index in [1.807, 2.05) is 32.2 Å². The molecular weight excluding hydrogens is 424 g/mol. The van der Waals surface area contributed by atoms with Crippen LogP contribution in [0.5, 0.6) is 5.75 Å². The number of rotatable bonds is 10. The number of hydrogen-bond donors (Lipinski definition) is 3. The Hall–Kier alpha value is -2.07. The number of benzene rings is 2. The van der Waals surface area contributed by atoms with Gasteiger partial charge in [-0.25, -0.2) is 21.9 Å². The molecule has 3 atom stereocenters. The third-order valence-electron chi connectivity index (χ3n) is 5.51. The topological polar surface area (TPSA) is 79.5 Å². The Morgan fingerprint density at radius 3 is 2.65 bits per heavy atom. The maximum absolute atomic E-state index is 15.5. The minimum atomic E-state index is -4.01. The summed E-state index contributed by atoms with van der Waals surface area (Å²) < 4.78 is 60.0. The smallest absolute Gasteiger partial charge is 0.241 e. The largest absolute Gasteiger partial charge is 0.492 e. The summed E-state index contributed by atoms with van der Waals surface area (Å²) in [5.74, 6) is 0.175. The van der Waals surface area contributed by atoms with Gasteiger partial charge in [0, 0.05) is 29.8 Å². The number of para-hydroxylation sites is 1. The van der Waals surface area contributed by atoms with Crippen molar-refractivity contribution in [2.45, 2.75) is 25.4 Å². The molecule has 0 radical (unpaired) electrons. The normalized spacial score (nSPS) is 21.4. The molecule has 0 amide bonds. The number of ether oxygens (including phenoxy) is 1. The molecule has 0 aromatic heterocycles. The summed E-state index contributed by atoms with van der Waals surface area (Å²) in [5, 5.41) is 6.24. The zero-order chi connectivity index (χ0) is 22.4. The molecule has 0 bridgehead atoms. The lowest BCUT2D eigenvalue weighted by Gasteiger charge is -2.23. The Bertz CT molecular complexity index is 988. The molecule has 3 N–H and O–H groups in total. The monoisotopic (exact) mass is 453 g/mol. The highest BCUT2D eigenvalue weighted by Crippen LogP contribution is 2.33. The number of alkyl halides is 1. The average Bonchev–Trinajstić information content (AvgIpc) is 3.09. The lowest BCUT2D eigenvalue weighted by atomic mass is 9.93. The first-order valence-electron chi connectivity index (χ1n) is 10.3. The van der Waals surface area contributed by atoms with E-state index in [4.69, 9.17) is 4.74 Å². The summed E-state index contributed by atoms with van der Waals surface area (Å²) in [7, 11) is -2.18. The van der Waals surface area contributed by atoms with Gasteiger partial charge in [-0.15, -0.1) is 0 Å². The lowest BCUT2D eigenvalue weighted by Crippen LogP contribution is -2.47. The number of hydrogen-bond acceptors (Lipinski definition) is 5. The van der Waals surface area contributed by atoms with Crippen LogP contribution in [0.25, 0.3) is 11.1 Å². The van der Waals surface area contributed by atoms with Gasteiger partial charge in [-0.05, 0) is 37.6 Å². The van der Waals surface area contributed by atoms with Crippen LogP contribution in [0, 0.1) is 11.7 Å². The van der Waals surface area contributed by atoms with Gasteiger partial charge in [0.1, 0.15) is 18.2 Å². The Morgan fingerprint density at radius 2 is 1.90 bits per heavy atom. The molecule has 1 fully saturated rings. The highest BCUT2D eigenvalue weighted by atomic mass is 32.2. The summed E-state index contributed by atoms with van der Waals surface area (Å²) >= 11 is 0. The molecule has 6 nitrogen and oxygen atoms in total. The second-order valence-corrected chi connectivity index (χ2v) is 9.47. The summed E-state index contributed by atoms with van der Waals surface area (Å²) in [6.45, 7) is 3.56. The van der Waals surface area contributed by atoms with Gasteiger partial charge in [0.25, 0.3) is 0 Å². The molecule has 0 aliphatic carbocycles. The summed E-state index contributed by atoms with van der Waals surface area (Å²) in [6, 6.07) is 10.1. The Labute approximate surface area is 182 Å². The molecule has 31 heavy (non-hydrogen) atoms. The van der Waals surface area contributed by atoms with E-state index in [0.717, 1.165) is 0 Å². The van der Waals surface area contributed by atoms with Crippen molar-refractivity contribution < 1.29 is 21.9 Å². The molecule has 0 saturated carbocycles. The van der Waals surface area contributed by atoms with Gasteiger partial charge in [0.05, 0.1) is 0 Å². The van der Waals surface area contributed by atoms with E-state index in [1.54, 1.807) is 24.3 Å². The number of halogens is 2. The number of likely N-dealkylation sites (N-methyl/N-ethyl adjacent to an activating group) is 1. The SMILES string of the molecule is CNCCOc1ccccc1-c1cccc(CC2NCC(C)C2NS(=O)(=O)CF)c1F. The molecule has 1 saturated heterocycles. The summed E-state index contributed by atoms with van der Waals surface area (Å²) in [5.41, 5.74) is 1.53. The minimum absolute atomic E-state index is 0.0427. The maximum Gasteiger partial charge on any atom is 0.241 e. The van der Waals surface area contributed by atoms with Crippen LogP contribution in [-0.4, -0.2) is 53.3 Å². The van der Waals surface area contributed by atoms with Gasteiger partial charge in [-0.2, -0.15) is 0 Å². The van der Waals surface area contributed by atoms with Crippen molar-refractivity contribution in [2.24, 2.45) is 5.92 Å². The van der Waals surface area contributed by atoms with Crippen molar-refractivity contribution in [3.63, 3.8) is 0 Å². The fourth-order valence-electron chi connectivity index (χ4n) is 3.88. The quantitative estimate of drug-likeness (QED) is 0.482. The predicted molar refractivity (Wildman–Crippen MR) is 118 cm³/mol. The van der Waals surface area contributed by atoms with E-state index >= 15 is 4.39 Å². The van der Waals surface area contributed by atoms with Crippen LogP contribution in [0.4, 0.5) is 8.78 Å². The first-order chi connectivity index (χ1) is 14.9. The second kappa shape index (κ2) is 10.5. The first-order valence-corrected chi connectivity index (χ1v) is 11.9. The van der Waals surface area contributed by atoms with Gasteiger partial charge in [-0.3, -0.25) is 0 Å². The molecule has 1 aliphatic heterocycles. The van der Waals surface area contributed by atoms with E-state index < -0.39 is 22.1 Å². The van der Waals surface area contributed by atoms with Gasteiger partial charge in [0.15, 0.2) is 0 Å². The van der Waals surface area contributed by atoms with Crippen molar-refractivity contribution in [1.82, 2.24) is 15.4 Å². The Morgan fingerprint density at radius 1 is 1.16 bits per heavy atom. The maximum atomic E-state index is 15.5. The molecule has 170 valence electrons. The Balaban J connectivity index is 1.85. The van der Waals surface area contributed by atoms with Gasteiger partial charge < -0.3 is 15.4 Å². The van der Waals surface area contributed by atoms with Crippen molar-refractivity contribution in [3.8, 4) is 16.9 Å². The Kier molecular flexibility index (Phi) is 7.99. The van der Waals surface area contributed by atoms with Crippen LogP contribution in [0.2, 0.25) is 0 Å². The molecule has 2 aromatic carbocycles. The van der Waals surface area contributed by atoms with E-state index in [0.29, 0.717) is 42.1 Å². The van der Waals surface area contributed by atoms with Crippen LogP contribution >= 0.6 is 0 Å². The summed E-state index contributed by atoms with van der Waals surface area (Å²) in [6.07, 6.45) is 0.270. The van der Waals surface area contributed by atoms with E-state index in [-0.39, 0.29) is 24.2 Å². The van der Waals surface area contributed by atoms with Gasteiger partial charge in [-0.1, -0.05) is 43.3 Å². The van der Waals surface area contributed by atoms with Gasteiger partial charge in [0.2, 0.25) is 16.0 Å². The summed E-state index contributed by atoms with van der Waals surface area (Å²) in [4.78, 5) is 0. The first kappa shape index (κ1) is 23.6. The second-order valence-electron chi connectivity index (χ2n) is 7.79. The fourth-order valence-corrected chi connectivity index (χ4v) is 4.76. The molecule has 3 unspecified atom stereocenters. The highest BCUT2D eigenvalue weighted by molar-refractivity contribution is 7.89. The minimum Gasteiger partial charge on any atom is -0.492 e. The number of sulfonamides is 1. The van der Waals surface area contributed by atoms with Crippen LogP contribution in [0.15, 0.2) is 42.5 Å². The zero-order valence-corrected chi connectivity index (χ0v) is 18.5. The van der Waals surface area contributed by atoms with Crippen molar-refractivity contribution in [2.75, 3.05) is 32.8 Å². The average molecular weight is 454 g/mol. The van der Waals surface area contributed by atoms with Crippen LogP contribution in [0.1, 0.15) is 12.5 Å². The van der Waals surface area contributed by atoms with Crippen LogP contribution in [0.3, 0.4) is 0 Å². The molecule has 0 spiro atoms. The van der Waals surface area contributed by atoms with Gasteiger partial charge >= 0.3 is 0 Å². The number of nitrogens with one attached hydrogen (secondary N) is 3. The predicted octanol–water partition coefficient (Wildman–Crippen LogP) is 2.46. The molecular formula is C22H29F2N3O3S. The molecule has 2 aromatic rings. The van der Waals surface area contributed by atoms with Crippen molar-refractivity contribution in [1.29, 1.82) is 0 Å². The fraction of sp³-hybridized carbons (Fsp3) is 0.455. The van der Waals surface area contributed by atoms with Crippen LogP contribution in [-0.2, 0) is 16.4 Å². The molecule has 3 rings (SSSR count). The van der Waals surface area contributed by atoms with E-state index in [9.17, 15) is 12.8 Å². The lowest BCUT2D eigenvalue weighted by molar-refractivity contribution is 0.319. The molecule has 1 aliphatic rings. The zero-order valence-electron chi connectivity index (χ0n) is 17.7. The van der Waals surface area contributed by atoms with Crippen molar-refractivity contribution >= 4 is 10.0 Å². The molecule has 1 heterocycles. The standard InChI is InChI=1S/C22H29F2N3O3S/c1-15-13-26-19(22(15)27-31(28,29)14-23)12-16-6-5-8-18(21(16)24)17-7-3-4-9-20(17)30-11-10-25-2/h3-9,15,19,22,25-27H,10-14H2,1-2H3. The third-order valence-corrected chi connectivity index (χ3v) is 6.43. The van der Waals surface area contributed by atoms with E-state index in [2.05, 4.69) is 15.4 Å². The van der Waals surface area contributed by atoms with E-state index in [1.165, 1.54) is 0 Å². The van der Waals surface area contributed by atoms with Crippen molar-refractivity contribution in [3.05, 3.63) is 53.8 Å². The molecule has 9 heteroatoms. The third kappa shape index (κ3) is 5.79. The highest BCUT2D eigenvalue weighted by Gasteiger charge is 2.36.